The average molecular weight is 1290 g/mol. The lowest BCUT2D eigenvalue weighted by molar-refractivity contribution is -0.393. The standard InChI is InChI=1S/C60H102O29/c1-23(9-13-35(57(4,5)79)87-55-50(89-54-47(77)42(72)38(68)29(20-63)83-54)48(78)49(30(21-64)84-55)88-53-46(76)41(71)37(67)28(19-62)82-53)24-15-16-58(6)32-12-10-25-26(60(32,8)33(65)17-59(24,58)7)11-14-34(56(25,2)3)86-52-45(75)43(73)39(69)31(85-52)22-80-51-44(74)40(70)36(66)27(18-61)81-51/h10,23-24,26-55,61-79H,9,11-22H2,1-8H3/t23-,24?,26?,27-,28-,29-,30-,31-,32?,33-,34+,35-,36-,37-,38-,39-,40+,41+,42+,43+,44-,45-,46-,47-,48+,49-,50-,51?,52+,53+,54+,55+,58+,59-,60+/m1/s1. The first-order chi connectivity index (χ1) is 41.7. The number of hydrogen-bond acceptors (Lipinski definition) is 29. The zero-order chi connectivity index (χ0) is 65.5. The number of rotatable bonds is 20. The Morgan fingerprint density at radius 3 is 1.49 bits per heavy atom. The molecule has 9 aliphatic rings. The third-order valence-corrected chi connectivity index (χ3v) is 22.9. The van der Waals surface area contributed by atoms with E-state index in [4.69, 9.17) is 47.4 Å². The Morgan fingerprint density at radius 1 is 0.517 bits per heavy atom. The monoisotopic (exact) mass is 1290 g/mol. The Bertz CT molecular complexity index is 2350. The lowest BCUT2D eigenvalue weighted by Gasteiger charge is -2.67. The second-order valence-electron chi connectivity index (χ2n) is 28.7. The molecule has 0 amide bonds. The molecule has 5 heterocycles. The fraction of sp³-hybridized carbons (Fsp3) is 0.967. The summed E-state index contributed by atoms with van der Waals surface area (Å²) < 4.78 is 59.8. The summed E-state index contributed by atoms with van der Waals surface area (Å²) in [5, 5.41) is 205. The predicted molar refractivity (Wildman–Crippen MR) is 300 cm³/mol. The molecule has 19 N–H and O–H groups in total. The van der Waals surface area contributed by atoms with Crippen molar-refractivity contribution in [1.82, 2.24) is 0 Å². The van der Waals surface area contributed by atoms with Gasteiger partial charge in [-0.1, -0.05) is 53.2 Å². The zero-order valence-electron chi connectivity index (χ0n) is 51.8. The van der Waals surface area contributed by atoms with E-state index in [1.165, 1.54) is 13.8 Å². The van der Waals surface area contributed by atoms with E-state index in [0.717, 1.165) is 18.4 Å². The molecule has 516 valence electrons. The first kappa shape index (κ1) is 71.9. The summed E-state index contributed by atoms with van der Waals surface area (Å²) in [5.41, 5.74) is -2.49. The molecule has 8 fully saturated rings. The van der Waals surface area contributed by atoms with Gasteiger partial charge in [0.2, 0.25) is 0 Å². The van der Waals surface area contributed by atoms with Crippen molar-refractivity contribution in [2.75, 3.05) is 33.0 Å². The van der Waals surface area contributed by atoms with Crippen LogP contribution in [0.5, 0.6) is 0 Å². The first-order valence-corrected chi connectivity index (χ1v) is 31.6. The van der Waals surface area contributed by atoms with Crippen molar-refractivity contribution in [3.05, 3.63) is 11.6 Å². The predicted octanol–water partition coefficient (Wildman–Crippen LogP) is -5.41. The van der Waals surface area contributed by atoms with Crippen LogP contribution in [0.4, 0.5) is 0 Å². The minimum absolute atomic E-state index is 0.0310. The van der Waals surface area contributed by atoms with Gasteiger partial charge in [0.1, 0.15) is 122 Å². The highest BCUT2D eigenvalue weighted by molar-refractivity contribution is 5.32. The minimum atomic E-state index is -1.98. The van der Waals surface area contributed by atoms with Crippen molar-refractivity contribution in [3.8, 4) is 0 Å². The number of hydrogen-bond donors (Lipinski definition) is 19. The highest BCUT2D eigenvalue weighted by Gasteiger charge is 2.71. The lowest BCUT2D eigenvalue weighted by Crippen LogP contribution is -2.67. The van der Waals surface area contributed by atoms with E-state index in [-0.39, 0.29) is 35.5 Å². The van der Waals surface area contributed by atoms with Crippen molar-refractivity contribution in [3.63, 3.8) is 0 Å². The van der Waals surface area contributed by atoms with Crippen molar-refractivity contribution in [1.29, 1.82) is 0 Å². The van der Waals surface area contributed by atoms with Gasteiger partial charge in [0, 0.05) is 10.8 Å². The largest absolute Gasteiger partial charge is 0.394 e. The molecule has 29 nitrogen and oxygen atoms in total. The van der Waals surface area contributed by atoms with E-state index in [0.29, 0.717) is 32.1 Å². The van der Waals surface area contributed by atoms with Crippen LogP contribution in [0.2, 0.25) is 0 Å². The number of allylic oxidation sites excluding steroid dienone is 1. The molecule has 89 heavy (non-hydrogen) atoms. The normalized spacial score (nSPS) is 51.8. The fourth-order valence-corrected chi connectivity index (χ4v) is 17.1. The Balaban J connectivity index is 0.888. The van der Waals surface area contributed by atoms with Gasteiger partial charge in [-0.05, 0) is 99.7 Å². The lowest BCUT2D eigenvalue weighted by atomic mass is 9.38. The first-order valence-electron chi connectivity index (χ1n) is 31.6. The highest BCUT2D eigenvalue weighted by Crippen LogP contribution is 2.75. The molecule has 5 aliphatic heterocycles. The van der Waals surface area contributed by atoms with Crippen molar-refractivity contribution in [2.24, 2.45) is 45.3 Å². The van der Waals surface area contributed by atoms with Crippen LogP contribution >= 0.6 is 0 Å². The Morgan fingerprint density at radius 2 is 0.978 bits per heavy atom. The molecule has 29 heteroatoms. The number of ether oxygens (including phenoxy) is 10. The molecule has 9 rings (SSSR count). The summed E-state index contributed by atoms with van der Waals surface area (Å²) in [5.74, 6) is -0.0172. The zero-order valence-corrected chi connectivity index (χ0v) is 51.8. The second kappa shape index (κ2) is 27.6. The van der Waals surface area contributed by atoms with Crippen LogP contribution in [0.15, 0.2) is 11.6 Å². The van der Waals surface area contributed by atoms with Gasteiger partial charge in [-0.2, -0.15) is 0 Å². The Hall–Kier alpha value is -1.42. The van der Waals surface area contributed by atoms with Crippen molar-refractivity contribution >= 4 is 0 Å². The molecule has 0 aromatic carbocycles. The van der Waals surface area contributed by atoms with Crippen LogP contribution in [-0.4, -0.2) is 308 Å². The highest BCUT2D eigenvalue weighted by atomic mass is 16.8. The van der Waals surface area contributed by atoms with E-state index >= 15 is 0 Å². The SMILES string of the molecule is C[C@H](CC[C@@H](O[C@@H]1O[C@H](CO)[C@@H](O[C@@H]2O[C@H](CO)[C@@H](O)[C@H](O)[C@H]2O)[C@H](O)[C@H]1O[C@@H]1O[C@H](CO)[C@@H](O)[C@H](O)[C@H]1O)C(C)(C)O)C1CC[C@@]2(C)C3CC=C4C(CC[C@H](O[C@@H]5O[C@H](COC6O[C@H](CO)[C@@H](O)[C@H](O)[C@H]6O)[C@@H](O)[C@H](O)[C@H]5O)C4(C)C)[C@]3(C)[C@H](O)C[C@]12C. The number of aliphatic hydroxyl groups excluding tert-OH is 18. The maximum atomic E-state index is 12.8. The molecule has 3 saturated carbocycles. The average Bonchev–Trinajstić information content (AvgIpc) is 1.66. The van der Waals surface area contributed by atoms with Crippen LogP contribution in [0.25, 0.3) is 0 Å². The van der Waals surface area contributed by atoms with Gasteiger partial charge >= 0.3 is 0 Å². The molecule has 0 aromatic rings. The van der Waals surface area contributed by atoms with Gasteiger partial charge in [-0.25, -0.2) is 0 Å². The maximum Gasteiger partial charge on any atom is 0.187 e. The molecular weight excluding hydrogens is 1180 g/mol. The molecule has 0 aromatic heterocycles. The minimum Gasteiger partial charge on any atom is -0.394 e. The fourth-order valence-electron chi connectivity index (χ4n) is 17.1. The Labute approximate surface area is 517 Å². The van der Waals surface area contributed by atoms with Crippen LogP contribution in [0.1, 0.15) is 107 Å². The van der Waals surface area contributed by atoms with E-state index in [1.807, 2.05) is 13.8 Å². The summed E-state index contributed by atoms with van der Waals surface area (Å²) >= 11 is 0. The molecule has 4 aliphatic carbocycles. The Kier molecular flexibility index (Phi) is 22.3. The molecule has 35 atom stereocenters. The quantitative estimate of drug-likeness (QED) is 0.0506. The van der Waals surface area contributed by atoms with E-state index in [1.54, 1.807) is 0 Å². The molecule has 4 unspecified atom stereocenters. The topological polar surface area (TPSA) is 477 Å². The molecule has 0 spiro atoms. The van der Waals surface area contributed by atoms with Gasteiger partial charge < -0.3 is 144 Å². The summed E-state index contributed by atoms with van der Waals surface area (Å²) in [6.07, 6.45) is -38.0. The summed E-state index contributed by atoms with van der Waals surface area (Å²) in [7, 11) is 0. The molecule has 0 bridgehead atoms. The number of fused-ring (bicyclic) bond motifs is 5. The summed E-state index contributed by atoms with van der Waals surface area (Å²) in [6, 6.07) is 0. The van der Waals surface area contributed by atoms with Crippen molar-refractivity contribution in [2.45, 2.75) is 284 Å². The van der Waals surface area contributed by atoms with Gasteiger partial charge in [0.15, 0.2) is 31.5 Å². The van der Waals surface area contributed by atoms with Gasteiger partial charge in [-0.15, -0.1) is 0 Å². The van der Waals surface area contributed by atoms with Gasteiger partial charge in [-0.3, -0.25) is 0 Å². The van der Waals surface area contributed by atoms with Crippen molar-refractivity contribution < 1.29 is 144 Å². The van der Waals surface area contributed by atoms with Crippen LogP contribution in [0.3, 0.4) is 0 Å². The van der Waals surface area contributed by atoms with Crippen LogP contribution in [-0.2, 0) is 47.4 Å². The molecular formula is C60H102O29. The third kappa shape index (κ3) is 13.0. The summed E-state index contributed by atoms with van der Waals surface area (Å²) in [4.78, 5) is 0. The third-order valence-electron chi connectivity index (χ3n) is 22.9. The van der Waals surface area contributed by atoms with Gasteiger partial charge in [0.05, 0.1) is 56.9 Å². The van der Waals surface area contributed by atoms with Crippen LogP contribution in [0, 0.1) is 45.3 Å². The second-order valence-corrected chi connectivity index (χ2v) is 28.7. The maximum absolute atomic E-state index is 12.8. The molecule has 5 saturated heterocycles. The van der Waals surface area contributed by atoms with E-state index in [9.17, 15) is 97.0 Å². The smallest absolute Gasteiger partial charge is 0.187 e. The van der Waals surface area contributed by atoms with E-state index < -0.39 is 227 Å². The number of aliphatic hydroxyl groups is 19. The van der Waals surface area contributed by atoms with E-state index in [2.05, 4.69) is 33.8 Å². The van der Waals surface area contributed by atoms with Gasteiger partial charge in [0.25, 0.3) is 0 Å². The van der Waals surface area contributed by atoms with Crippen LogP contribution < -0.4 is 0 Å². The summed E-state index contributed by atoms with van der Waals surface area (Å²) in [6.45, 7) is 12.3. The molecule has 0 radical (unpaired) electrons.